The molecule has 2 heterocycles. The molecule has 0 aromatic carbocycles. The highest BCUT2D eigenvalue weighted by atomic mass is 32.2. The topological polar surface area (TPSA) is 75.2 Å². The summed E-state index contributed by atoms with van der Waals surface area (Å²) >= 11 is 0. The first kappa shape index (κ1) is 13.4. The van der Waals surface area contributed by atoms with Crippen LogP contribution in [0.2, 0.25) is 0 Å². The van der Waals surface area contributed by atoms with E-state index in [4.69, 9.17) is 0 Å². The third kappa shape index (κ3) is 2.52. The van der Waals surface area contributed by atoms with Crippen LogP contribution in [-0.2, 0) is 10.0 Å². The van der Waals surface area contributed by atoms with Crippen LogP contribution in [-0.4, -0.2) is 48.9 Å². The predicted octanol–water partition coefficient (Wildman–Crippen LogP) is 0.158. The van der Waals surface area contributed by atoms with Crippen LogP contribution in [0, 0.1) is 6.92 Å². The van der Waals surface area contributed by atoms with Gasteiger partial charge in [-0.05, 0) is 26.3 Å². The molecule has 0 radical (unpaired) electrons. The van der Waals surface area contributed by atoms with Crippen LogP contribution in [0.3, 0.4) is 0 Å². The second-order valence-corrected chi connectivity index (χ2v) is 6.38. The lowest BCUT2D eigenvalue weighted by molar-refractivity contribution is 0.299. The zero-order valence-corrected chi connectivity index (χ0v) is 11.4. The molecule has 1 aliphatic heterocycles. The highest BCUT2D eigenvalue weighted by Gasteiger charge is 2.31. The van der Waals surface area contributed by atoms with Gasteiger partial charge in [-0.25, -0.2) is 13.4 Å². The van der Waals surface area contributed by atoms with Gasteiger partial charge in [0.25, 0.3) is 10.0 Å². The van der Waals surface area contributed by atoms with Gasteiger partial charge >= 0.3 is 0 Å². The lowest BCUT2D eigenvalue weighted by atomic mass is 10.1. The highest BCUT2D eigenvalue weighted by molar-refractivity contribution is 7.89. The molecule has 100 valence electrons. The van der Waals surface area contributed by atoms with E-state index >= 15 is 0 Å². The Morgan fingerprint density at radius 1 is 1.39 bits per heavy atom. The van der Waals surface area contributed by atoms with Gasteiger partial charge in [-0.1, -0.05) is 0 Å². The van der Waals surface area contributed by atoms with Gasteiger partial charge in [0.15, 0.2) is 5.03 Å². The van der Waals surface area contributed by atoms with E-state index < -0.39 is 10.0 Å². The lowest BCUT2D eigenvalue weighted by Gasteiger charge is -2.30. The van der Waals surface area contributed by atoms with Crippen molar-refractivity contribution in [1.29, 1.82) is 0 Å². The van der Waals surface area contributed by atoms with Gasteiger partial charge in [-0.3, -0.25) is 4.98 Å². The standard InChI is InChI=1S/C11H18N4O2S/c1-9-11(14-7-6-13-9)18(16,17)15(2)10-4-3-5-12-8-10/h6-7,10,12H,3-5,8H2,1-2H3/t10-/m1/s1. The second-order valence-electron chi connectivity index (χ2n) is 4.47. The Bertz CT molecular complexity index is 512. The fraction of sp³-hybridized carbons (Fsp3) is 0.636. The molecule has 6 nitrogen and oxygen atoms in total. The van der Waals surface area contributed by atoms with E-state index in [2.05, 4.69) is 15.3 Å². The van der Waals surface area contributed by atoms with Gasteiger partial charge in [0.05, 0.1) is 5.69 Å². The Kier molecular flexibility index (Phi) is 3.94. The summed E-state index contributed by atoms with van der Waals surface area (Å²) in [6.45, 7) is 3.30. The Morgan fingerprint density at radius 3 is 2.72 bits per heavy atom. The summed E-state index contributed by atoms with van der Waals surface area (Å²) in [7, 11) is -1.94. The summed E-state index contributed by atoms with van der Waals surface area (Å²) in [5.74, 6) is 0. The van der Waals surface area contributed by atoms with Crippen LogP contribution >= 0.6 is 0 Å². The molecule has 0 bridgehead atoms. The number of nitrogens with one attached hydrogen (secondary N) is 1. The number of aryl methyl sites for hydroxylation is 1. The Hall–Kier alpha value is -1.05. The maximum Gasteiger partial charge on any atom is 0.262 e. The summed E-state index contributed by atoms with van der Waals surface area (Å²) in [6, 6.07) is -0.00911. The molecule has 0 aliphatic carbocycles. The van der Waals surface area contributed by atoms with Crippen molar-refractivity contribution in [3.05, 3.63) is 18.1 Å². The van der Waals surface area contributed by atoms with Crippen molar-refractivity contribution in [2.45, 2.75) is 30.8 Å². The molecule has 1 atom stereocenters. The van der Waals surface area contributed by atoms with Crippen LogP contribution in [0.4, 0.5) is 0 Å². The zero-order valence-electron chi connectivity index (χ0n) is 10.6. The number of aromatic nitrogens is 2. The molecule has 1 fully saturated rings. The number of nitrogens with zero attached hydrogens (tertiary/aromatic N) is 3. The quantitative estimate of drug-likeness (QED) is 0.846. The number of sulfonamides is 1. The third-order valence-electron chi connectivity index (χ3n) is 3.24. The first-order valence-corrected chi connectivity index (χ1v) is 7.44. The van der Waals surface area contributed by atoms with Gasteiger partial charge in [-0.15, -0.1) is 0 Å². The monoisotopic (exact) mass is 270 g/mol. The van der Waals surface area contributed by atoms with E-state index in [1.807, 2.05) is 0 Å². The van der Waals surface area contributed by atoms with E-state index in [1.165, 1.54) is 16.7 Å². The van der Waals surface area contributed by atoms with Gasteiger partial charge in [0.2, 0.25) is 0 Å². The van der Waals surface area contributed by atoms with Crippen molar-refractivity contribution in [3.8, 4) is 0 Å². The summed E-state index contributed by atoms with van der Waals surface area (Å²) in [5.41, 5.74) is 0.438. The summed E-state index contributed by atoms with van der Waals surface area (Å²) in [5, 5.41) is 3.27. The number of hydrogen-bond acceptors (Lipinski definition) is 5. The summed E-state index contributed by atoms with van der Waals surface area (Å²) < 4.78 is 26.3. The van der Waals surface area contributed by atoms with Crippen molar-refractivity contribution in [2.75, 3.05) is 20.1 Å². The van der Waals surface area contributed by atoms with Crippen LogP contribution in [0.25, 0.3) is 0 Å². The fourth-order valence-corrected chi connectivity index (χ4v) is 3.59. The van der Waals surface area contributed by atoms with Gasteiger partial charge in [0, 0.05) is 32.0 Å². The van der Waals surface area contributed by atoms with Crippen molar-refractivity contribution in [2.24, 2.45) is 0 Å². The largest absolute Gasteiger partial charge is 0.315 e. The molecule has 0 spiro atoms. The number of likely N-dealkylation sites (N-methyl/N-ethyl adjacent to an activating group) is 1. The normalized spacial score (nSPS) is 21.2. The van der Waals surface area contributed by atoms with E-state index in [0.29, 0.717) is 12.2 Å². The molecule has 1 aromatic rings. The maximum absolute atomic E-state index is 12.4. The van der Waals surface area contributed by atoms with Gasteiger partial charge in [-0.2, -0.15) is 4.31 Å². The minimum Gasteiger partial charge on any atom is -0.315 e. The molecule has 1 aromatic heterocycles. The number of piperidine rings is 1. The number of rotatable bonds is 3. The molecule has 18 heavy (non-hydrogen) atoms. The molecule has 1 saturated heterocycles. The lowest BCUT2D eigenvalue weighted by Crippen LogP contribution is -2.46. The van der Waals surface area contributed by atoms with Crippen molar-refractivity contribution in [1.82, 2.24) is 19.6 Å². The van der Waals surface area contributed by atoms with Crippen LogP contribution in [0.1, 0.15) is 18.5 Å². The van der Waals surface area contributed by atoms with Crippen LogP contribution in [0.15, 0.2) is 17.4 Å². The fourth-order valence-electron chi connectivity index (χ4n) is 2.12. The molecule has 7 heteroatoms. The molecule has 0 amide bonds. The first-order valence-electron chi connectivity index (χ1n) is 6.00. The maximum atomic E-state index is 12.4. The van der Waals surface area contributed by atoms with E-state index in [1.54, 1.807) is 14.0 Å². The Labute approximate surface area is 107 Å². The minimum atomic E-state index is -3.55. The smallest absolute Gasteiger partial charge is 0.262 e. The average Bonchev–Trinajstić information content (AvgIpc) is 2.39. The molecular weight excluding hydrogens is 252 g/mol. The first-order chi connectivity index (χ1) is 8.53. The predicted molar refractivity (Wildman–Crippen MR) is 67.6 cm³/mol. The second kappa shape index (κ2) is 5.29. The molecule has 1 aliphatic rings. The molecule has 2 rings (SSSR count). The summed E-state index contributed by atoms with van der Waals surface area (Å²) in [4.78, 5) is 7.94. The van der Waals surface area contributed by atoms with Gasteiger partial charge in [0.1, 0.15) is 0 Å². The minimum absolute atomic E-state index is 0.00911. The Morgan fingerprint density at radius 2 is 2.11 bits per heavy atom. The number of hydrogen-bond donors (Lipinski definition) is 1. The average molecular weight is 270 g/mol. The van der Waals surface area contributed by atoms with E-state index in [9.17, 15) is 8.42 Å². The highest BCUT2D eigenvalue weighted by Crippen LogP contribution is 2.19. The third-order valence-corrected chi connectivity index (χ3v) is 5.19. The van der Waals surface area contributed by atoms with Crippen LogP contribution < -0.4 is 5.32 Å². The van der Waals surface area contributed by atoms with E-state index in [0.717, 1.165) is 19.4 Å². The van der Waals surface area contributed by atoms with Crippen LogP contribution in [0.5, 0.6) is 0 Å². The van der Waals surface area contributed by atoms with Gasteiger partial charge < -0.3 is 5.32 Å². The SMILES string of the molecule is Cc1nccnc1S(=O)(=O)N(C)[C@@H]1CCCNC1. The summed E-state index contributed by atoms with van der Waals surface area (Å²) in [6.07, 6.45) is 4.77. The molecule has 0 unspecified atom stereocenters. The van der Waals surface area contributed by atoms with E-state index in [-0.39, 0.29) is 11.1 Å². The van der Waals surface area contributed by atoms with Crippen molar-refractivity contribution >= 4 is 10.0 Å². The van der Waals surface area contributed by atoms with Crippen molar-refractivity contribution in [3.63, 3.8) is 0 Å². The molecule has 0 saturated carbocycles. The molecule has 1 N–H and O–H groups in total. The molecular formula is C11H18N4O2S. The Balaban J connectivity index is 2.28. The van der Waals surface area contributed by atoms with Crippen molar-refractivity contribution < 1.29 is 8.42 Å². The zero-order chi connectivity index (χ0) is 13.2.